The van der Waals surface area contributed by atoms with Gasteiger partial charge in [0, 0.05) is 23.9 Å². The van der Waals surface area contributed by atoms with Crippen molar-refractivity contribution in [3.63, 3.8) is 0 Å². The minimum atomic E-state index is 0.365. The molecule has 0 aliphatic heterocycles. The van der Waals surface area contributed by atoms with Crippen molar-refractivity contribution in [2.24, 2.45) is 0 Å². The molecule has 1 atom stereocenters. The van der Waals surface area contributed by atoms with Gasteiger partial charge in [0.1, 0.15) is 0 Å². The summed E-state index contributed by atoms with van der Waals surface area (Å²) in [7, 11) is 0. The van der Waals surface area contributed by atoms with Crippen molar-refractivity contribution in [1.29, 1.82) is 0 Å². The van der Waals surface area contributed by atoms with E-state index in [4.69, 9.17) is 4.74 Å². The molecule has 4 heteroatoms. The lowest BCUT2D eigenvalue weighted by atomic mass is 10.1. The molecule has 0 aromatic carbocycles. The van der Waals surface area contributed by atoms with Crippen LogP contribution in [0.4, 0.5) is 0 Å². The highest BCUT2D eigenvalue weighted by atomic mass is 16.5. The van der Waals surface area contributed by atoms with E-state index in [1.54, 1.807) is 0 Å². The second-order valence-corrected chi connectivity index (χ2v) is 5.45. The molecule has 0 aliphatic carbocycles. The SMILES string of the molecule is CCCCOCCn1nc(C)c(C(C)NCCC)c1C. The smallest absolute Gasteiger partial charge is 0.0662 e. The number of hydrogen-bond acceptors (Lipinski definition) is 3. The van der Waals surface area contributed by atoms with Crippen LogP contribution in [0.25, 0.3) is 0 Å². The summed E-state index contributed by atoms with van der Waals surface area (Å²) in [5.74, 6) is 0. The van der Waals surface area contributed by atoms with Gasteiger partial charge in [-0.25, -0.2) is 0 Å². The maximum Gasteiger partial charge on any atom is 0.0662 e. The van der Waals surface area contributed by atoms with Gasteiger partial charge in [0.05, 0.1) is 18.8 Å². The summed E-state index contributed by atoms with van der Waals surface area (Å²) >= 11 is 0. The van der Waals surface area contributed by atoms with Crippen molar-refractivity contribution < 1.29 is 4.74 Å². The highest BCUT2D eigenvalue weighted by Gasteiger charge is 2.16. The summed E-state index contributed by atoms with van der Waals surface area (Å²) in [5, 5.41) is 8.20. The monoisotopic (exact) mass is 281 g/mol. The molecule has 1 unspecified atom stereocenters. The second kappa shape index (κ2) is 9.14. The molecule has 0 spiro atoms. The van der Waals surface area contributed by atoms with Crippen LogP contribution in [0.1, 0.15) is 63.0 Å². The van der Waals surface area contributed by atoms with Gasteiger partial charge in [-0.15, -0.1) is 0 Å². The maximum absolute atomic E-state index is 5.63. The minimum absolute atomic E-state index is 0.365. The highest BCUT2D eigenvalue weighted by Crippen LogP contribution is 2.21. The van der Waals surface area contributed by atoms with Crippen LogP contribution >= 0.6 is 0 Å². The predicted molar refractivity (Wildman–Crippen MR) is 84.1 cm³/mol. The molecule has 0 aliphatic rings. The molecule has 0 fully saturated rings. The summed E-state index contributed by atoms with van der Waals surface area (Å²) in [6.07, 6.45) is 3.48. The summed E-state index contributed by atoms with van der Waals surface area (Å²) in [4.78, 5) is 0. The molecule has 0 bridgehead atoms. The molecular formula is C16H31N3O. The van der Waals surface area contributed by atoms with Crippen molar-refractivity contribution in [3.8, 4) is 0 Å². The lowest BCUT2D eigenvalue weighted by Gasteiger charge is -2.14. The average Bonchev–Trinajstić information content (AvgIpc) is 2.71. The van der Waals surface area contributed by atoms with E-state index < -0.39 is 0 Å². The number of nitrogens with zero attached hydrogens (tertiary/aromatic N) is 2. The molecule has 1 aromatic rings. The molecule has 4 nitrogen and oxygen atoms in total. The number of nitrogens with one attached hydrogen (secondary N) is 1. The number of aromatic nitrogens is 2. The largest absolute Gasteiger partial charge is 0.380 e. The molecule has 0 saturated heterocycles. The Balaban J connectivity index is 2.57. The van der Waals surface area contributed by atoms with Crippen molar-refractivity contribution in [3.05, 3.63) is 17.0 Å². The maximum atomic E-state index is 5.63. The number of aryl methyl sites for hydroxylation is 1. The van der Waals surface area contributed by atoms with Crippen LogP contribution in [-0.4, -0.2) is 29.5 Å². The highest BCUT2D eigenvalue weighted by molar-refractivity contribution is 5.27. The van der Waals surface area contributed by atoms with Crippen molar-refractivity contribution in [2.45, 2.75) is 66.5 Å². The summed E-state index contributed by atoms with van der Waals surface area (Å²) in [6, 6.07) is 0.365. The van der Waals surface area contributed by atoms with Crippen molar-refractivity contribution in [2.75, 3.05) is 19.8 Å². The van der Waals surface area contributed by atoms with E-state index in [0.29, 0.717) is 6.04 Å². The van der Waals surface area contributed by atoms with E-state index in [-0.39, 0.29) is 0 Å². The first-order chi connectivity index (χ1) is 9.61. The van der Waals surface area contributed by atoms with E-state index in [2.05, 4.69) is 49.7 Å². The zero-order chi connectivity index (χ0) is 15.0. The van der Waals surface area contributed by atoms with E-state index in [0.717, 1.165) is 44.8 Å². The Kier molecular flexibility index (Phi) is 7.85. The van der Waals surface area contributed by atoms with Gasteiger partial charge < -0.3 is 10.1 Å². The minimum Gasteiger partial charge on any atom is -0.380 e. The number of ether oxygens (including phenoxy) is 1. The van der Waals surface area contributed by atoms with E-state index in [1.165, 1.54) is 17.7 Å². The third kappa shape index (κ3) is 4.91. The topological polar surface area (TPSA) is 39.1 Å². The molecule has 20 heavy (non-hydrogen) atoms. The zero-order valence-electron chi connectivity index (χ0n) is 13.8. The molecule has 0 amide bonds. The van der Waals surface area contributed by atoms with Crippen LogP contribution in [0.2, 0.25) is 0 Å². The average molecular weight is 281 g/mol. The van der Waals surface area contributed by atoms with Gasteiger partial charge in [0.15, 0.2) is 0 Å². The number of unbranched alkanes of at least 4 members (excludes halogenated alkanes) is 1. The molecule has 1 N–H and O–H groups in total. The lowest BCUT2D eigenvalue weighted by molar-refractivity contribution is 0.120. The Morgan fingerprint density at radius 2 is 1.95 bits per heavy atom. The van der Waals surface area contributed by atoms with Crippen LogP contribution in [0.5, 0.6) is 0 Å². The van der Waals surface area contributed by atoms with Gasteiger partial charge >= 0.3 is 0 Å². The lowest BCUT2D eigenvalue weighted by Crippen LogP contribution is -2.20. The Morgan fingerprint density at radius 1 is 1.20 bits per heavy atom. The molecule has 1 heterocycles. The van der Waals surface area contributed by atoms with Gasteiger partial charge in [-0.05, 0) is 40.2 Å². The van der Waals surface area contributed by atoms with E-state index >= 15 is 0 Å². The van der Waals surface area contributed by atoms with Crippen LogP contribution in [-0.2, 0) is 11.3 Å². The molecular weight excluding hydrogens is 250 g/mol. The second-order valence-electron chi connectivity index (χ2n) is 5.45. The molecule has 116 valence electrons. The van der Waals surface area contributed by atoms with Gasteiger partial charge in [-0.1, -0.05) is 20.3 Å². The van der Waals surface area contributed by atoms with E-state index in [1.807, 2.05) is 0 Å². The molecule has 1 aromatic heterocycles. The van der Waals surface area contributed by atoms with Crippen LogP contribution < -0.4 is 5.32 Å². The fourth-order valence-corrected chi connectivity index (χ4v) is 2.52. The third-order valence-corrected chi connectivity index (χ3v) is 3.66. The van der Waals surface area contributed by atoms with Gasteiger partial charge in [-0.3, -0.25) is 4.68 Å². The zero-order valence-corrected chi connectivity index (χ0v) is 13.8. The standard InChI is InChI=1S/C16H31N3O/c1-6-8-11-20-12-10-19-15(5)16(14(4)18-19)13(3)17-9-7-2/h13,17H,6-12H2,1-5H3. The van der Waals surface area contributed by atoms with Crippen LogP contribution in [0, 0.1) is 13.8 Å². The van der Waals surface area contributed by atoms with Crippen LogP contribution in [0.3, 0.4) is 0 Å². The summed E-state index contributed by atoms with van der Waals surface area (Å²) in [6.45, 7) is 14.3. The van der Waals surface area contributed by atoms with Gasteiger partial charge in [-0.2, -0.15) is 5.10 Å². The fraction of sp³-hybridized carbons (Fsp3) is 0.812. The Hall–Kier alpha value is -0.870. The Bertz CT molecular complexity index is 387. The van der Waals surface area contributed by atoms with Crippen molar-refractivity contribution in [1.82, 2.24) is 15.1 Å². The number of hydrogen-bond donors (Lipinski definition) is 1. The molecule has 0 saturated carbocycles. The Morgan fingerprint density at radius 3 is 2.60 bits per heavy atom. The predicted octanol–water partition coefficient (Wildman–Crippen LogP) is 3.38. The molecule has 0 radical (unpaired) electrons. The normalized spacial score (nSPS) is 12.8. The molecule has 1 rings (SSSR count). The van der Waals surface area contributed by atoms with Crippen LogP contribution in [0.15, 0.2) is 0 Å². The fourth-order valence-electron chi connectivity index (χ4n) is 2.52. The quantitative estimate of drug-likeness (QED) is 0.668. The van der Waals surface area contributed by atoms with Gasteiger partial charge in [0.2, 0.25) is 0 Å². The first kappa shape index (κ1) is 17.2. The summed E-state index contributed by atoms with van der Waals surface area (Å²) < 4.78 is 7.72. The van der Waals surface area contributed by atoms with Gasteiger partial charge in [0.25, 0.3) is 0 Å². The first-order valence-corrected chi connectivity index (χ1v) is 7.96. The van der Waals surface area contributed by atoms with Crippen molar-refractivity contribution >= 4 is 0 Å². The third-order valence-electron chi connectivity index (χ3n) is 3.66. The van der Waals surface area contributed by atoms with E-state index in [9.17, 15) is 0 Å². The summed E-state index contributed by atoms with van der Waals surface area (Å²) in [5.41, 5.74) is 3.73. The Labute approximate surface area is 123 Å². The number of rotatable bonds is 10. The first-order valence-electron chi connectivity index (χ1n) is 7.96.